The number of rotatable bonds is 6. The van der Waals surface area contributed by atoms with E-state index < -0.39 is 5.91 Å². The van der Waals surface area contributed by atoms with Crippen LogP contribution in [0.15, 0.2) is 54.6 Å². The minimum absolute atomic E-state index is 0.0374. The number of amides is 3. The first kappa shape index (κ1) is 18.4. The lowest BCUT2D eigenvalue weighted by atomic mass is 10.2. The van der Waals surface area contributed by atoms with E-state index in [2.05, 4.69) is 10.6 Å². The Bertz CT molecular complexity index is 838. The highest BCUT2D eigenvalue weighted by atomic mass is 16.5. The zero-order valence-electron chi connectivity index (χ0n) is 15.0. The fourth-order valence-electron chi connectivity index (χ4n) is 3.03. The van der Waals surface area contributed by atoms with Gasteiger partial charge < -0.3 is 20.3 Å². The van der Waals surface area contributed by atoms with E-state index >= 15 is 0 Å². The number of methoxy groups -OCH3 is 1. The average molecular weight is 367 g/mol. The zero-order valence-corrected chi connectivity index (χ0v) is 15.0. The Labute approximate surface area is 157 Å². The lowest BCUT2D eigenvalue weighted by molar-refractivity contribution is -0.120. The van der Waals surface area contributed by atoms with Crippen LogP contribution in [0.3, 0.4) is 0 Å². The molecule has 27 heavy (non-hydrogen) atoms. The number of hydrogen-bond donors (Lipinski definition) is 2. The Hall–Kier alpha value is -3.35. The fourth-order valence-corrected chi connectivity index (χ4v) is 3.03. The minimum Gasteiger partial charge on any atom is -0.496 e. The number of para-hydroxylation sites is 2. The van der Waals surface area contributed by atoms with E-state index in [1.165, 1.54) is 7.11 Å². The summed E-state index contributed by atoms with van der Waals surface area (Å²) in [5, 5.41) is 5.37. The molecule has 0 aromatic heterocycles. The highest BCUT2D eigenvalue weighted by molar-refractivity contribution is 5.99. The summed E-state index contributed by atoms with van der Waals surface area (Å²) in [5.74, 6) is -0.332. The Morgan fingerprint density at radius 2 is 1.81 bits per heavy atom. The second kappa shape index (κ2) is 8.35. The molecule has 140 valence electrons. The van der Waals surface area contributed by atoms with Crippen molar-refractivity contribution < 1.29 is 19.1 Å². The molecule has 0 aliphatic carbocycles. The van der Waals surface area contributed by atoms with Gasteiger partial charge in [-0.2, -0.15) is 0 Å². The summed E-state index contributed by atoms with van der Waals surface area (Å²) in [6, 6.07) is 15.8. The summed E-state index contributed by atoms with van der Waals surface area (Å²) in [6.07, 6.45) is 0.237. The van der Waals surface area contributed by atoms with E-state index in [-0.39, 0.29) is 30.8 Å². The van der Waals surface area contributed by atoms with Gasteiger partial charge in [-0.25, -0.2) is 0 Å². The zero-order chi connectivity index (χ0) is 19.2. The normalized spacial score (nSPS) is 16.1. The molecule has 1 saturated heterocycles. The molecule has 1 fully saturated rings. The van der Waals surface area contributed by atoms with Crippen LogP contribution in [-0.2, 0) is 9.59 Å². The molecule has 7 heteroatoms. The predicted molar refractivity (Wildman–Crippen MR) is 101 cm³/mol. The van der Waals surface area contributed by atoms with Gasteiger partial charge in [-0.15, -0.1) is 0 Å². The summed E-state index contributed by atoms with van der Waals surface area (Å²) in [6.45, 7) is 0.238. The molecule has 3 rings (SSSR count). The topological polar surface area (TPSA) is 87.7 Å². The SMILES string of the molecule is COc1ccccc1C(=O)NCC(=O)NC1CC(=O)N(c2ccccc2)C1. The molecule has 2 aromatic carbocycles. The third kappa shape index (κ3) is 4.44. The first-order chi connectivity index (χ1) is 13.1. The number of benzene rings is 2. The number of carbonyl (C=O) groups excluding carboxylic acids is 3. The van der Waals surface area contributed by atoms with Gasteiger partial charge in [-0.1, -0.05) is 30.3 Å². The molecule has 1 atom stereocenters. The predicted octanol–water partition coefficient (Wildman–Crippen LogP) is 1.35. The van der Waals surface area contributed by atoms with Crippen molar-refractivity contribution in [2.45, 2.75) is 12.5 Å². The van der Waals surface area contributed by atoms with Crippen LogP contribution in [0.5, 0.6) is 5.75 Å². The highest BCUT2D eigenvalue weighted by Crippen LogP contribution is 2.21. The molecule has 1 heterocycles. The molecule has 0 spiro atoms. The van der Waals surface area contributed by atoms with Crippen LogP contribution in [0.1, 0.15) is 16.8 Å². The summed E-state index contributed by atoms with van der Waals surface area (Å²) in [4.78, 5) is 38.2. The summed E-state index contributed by atoms with van der Waals surface area (Å²) in [5.41, 5.74) is 1.17. The largest absolute Gasteiger partial charge is 0.496 e. The molecule has 1 aliphatic heterocycles. The van der Waals surface area contributed by atoms with Crippen molar-refractivity contribution in [3.8, 4) is 5.75 Å². The Morgan fingerprint density at radius 3 is 2.56 bits per heavy atom. The minimum atomic E-state index is -0.393. The number of ether oxygens (including phenoxy) is 1. The number of nitrogens with zero attached hydrogens (tertiary/aromatic N) is 1. The van der Waals surface area contributed by atoms with Crippen LogP contribution in [0.2, 0.25) is 0 Å². The van der Waals surface area contributed by atoms with Crippen molar-refractivity contribution in [1.82, 2.24) is 10.6 Å². The van der Waals surface area contributed by atoms with Crippen LogP contribution in [0, 0.1) is 0 Å². The molecule has 7 nitrogen and oxygen atoms in total. The molecule has 1 aliphatic rings. The molecule has 1 unspecified atom stereocenters. The first-order valence-corrected chi connectivity index (χ1v) is 8.64. The van der Waals surface area contributed by atoms with Crippen molar-refractivity contribution in [3.63, 3.8) is 0 Å². The Morgan fingerprint density at radius 1 is 1.11 bits per heavy atom. The van der Waals surface area contributed by atoms with Crippen molar-refractivity contribution in [1.29, 1.82) is 0 Å². The third-order valence-electron chi connectivity index (χ3n) is 4.32. The van der Waals surface area contributed by atoms with E-state index in [4.69, 9.17) is 4.74 Å². The molecule has 0 saturated carbocycles. The Kier molecular flexibility index (Phi) is 5.71. The molecule has 0 bridgehead atoms. The maximum absolute atomic E-state index is 12.2. The van der Waals surface area contributed by atoms with E-state index in [1.807, 2.05) is 30.3 Å². The van der Waals surface area contributed by atoms with Gasteiger partial charge in [0.2, 0.25) is 11.8 Å². The summed E-state index contributed by atoms with van der Waals surface area (Å²) in [7, 11) is 1.48. The van der Waals surface area contributed by atoms with Gasteiger partial charge in [-0.05, 0) is 24.3 Å². The van der Waals surface area contributed by atoms with Crippen molar-refractivity contribution in [3.05, 3.63) is 60.2 Å². The van der Waals surface area contributed by atoms with E-state index in [0.717, 1.165) is 5.69 Å². The Balaban J connectivity index is 1.51. The smallest absolute Gasteiger partial charge is 0.255 e. The van der Waals surface area contributed by atoms with Gasteiger partial charge in [0.15, 0.2) is 0 Å². The number of hydrogen-bond acceptors (Lipinski definition) is 4. The molecule has 2 N–H and O–H groups in total. The van der Waals surface area contributed by atoms with Gasteiger partial charge in [0.25, 0.3) is 5.91 Å². The van der Waals surface area contributed by atoms with Crippen molar-refractivity contribution in [2.75, 3.05) is 25.1 Å². The number of nitrogens with one attached hydrogen (secondary N) is 2. The van der Waals surface area contributed by atoms with Crippen LogP contribution >= 0.6 is 0 Å². The quantitative estimate of drug-likeness (QED) is 0.807. The average Bonchev–Trinajstić information content (AvgIpc) is 3.06. The maximum Gasteiger partial charge on any atom is 0.255 e. The number of carbonyl (C=O) groups is 3. The maximum atomic E-state index is 12.2. The molecular weight excluding hydrogens is 346 g/mol. The van der Waals surface area contributed by atoms with E-state index in [1.54, 1.807) is 29.2 Å². The summed E-state index contributed by atoms with van der Waals surface area (Å²) >= 11 is 0. The molecular formula is C20H21N3O4. The van der Waals surface area contributed by atoms with Crippen LogP contribution in [-0.4, -0.2) is 44.0 Å². The van der Waals surface area contributed by atoms with Crippen molar-refractivity contribution in [2.24, 2.45) is 0 Å². The van der Waals surface area contributed by atoms with Gasteiger partial charge in [0, 0.05) is 18.7 Å². The van der Waals surface area contributed by atoms with Gasteiger partial charge >= 0.3 is 0 Å². The lowest BCUT2D eigenvalue weighted by Crippen LogP contribution is -2.43. The monoisotopic (exact) mass is 367 g/mol. The third-order valence-corrected chi connectivity index (χ3v) is 4.32. The van der Waals surface area contributed by atoms with Crippen LogP contribution in [0.25, 0.3) is 0 Å². The molecule has 2 aromatic rings. The highest BCUT2D eigenvalue weighted by Gasteiger charge is 2.31. The fraction of sp³-hybridized carbons (Fsp3) is 0.250. The second-order valence-electron chi connectivity index (χ2n) is 6.19. The molecule has 0 radical (unpaired) electrons. The van der Waals surface area contributed by atoms with Crippen LogP contribution in [0.4, 0.5) is 5.69 Å². The van der Waals surface area contributed by atoms with E-state index in [0.29, 0.717) is 17.9 Å². The first-order valence-electron chi connectivity index (χ1n) is 8.64. The second-order valence-corrected chi connectivity index (χ2v) is 6.19. The van der Waals surface area contributed by atoms with Gasteiger partial charge in [0.1, 0.15) is 5.75 Å². The van der Waals surface area contributed by atoms with Gasteiger partial charge in [0.05, 0.1) is 25.3 Å². The standard InChI is InChI=1S/C20H21N3O4/c1-27-17-10-6-5-9-16(17)20(26)21-12-18(24)22-14-11-19(25)23(13-14)15-7-3-2-4-8-15/h2-10,14H,11-13H2,1H3,(H,21,26)(H,22,24). The van der Waals surface area contributed by atoms with E-state index in [9.17, 15) is 14.4 Å². The number of anilines is 1. The molecule has 3 amide bonds. The van der Waals surface area contributed by atoms with Crippen LogP contribution < -0.4 is 20.3 Å². The summed E-state index contributed by atoms with van der Waals surface area (Å²) < 4.78 is 5.14. The van der Waals surface area contributed by atoms with Gasteiger partial charge in [-0.3, -0.25) is 14.4 Å². The lowest BCUT2D eigenvalue weighted by Gasteiger charge is -2.17. The van der Waals surface area contributed by atoms with Crippen molar-refractivity contribution >= 4 is 23.4 Å².